The van der Waals surface area contributed by atoms with E-state index in [1.165, 1.54) is 70.6 Å². The number of aryl methyl sites for hydroxylation is 1. The van der Waals surface area contributed by atoms with Crippen LogP contribution in [-0.4, -0.2) is 17.4 Å². The van der Waals surface area contributed by atoms with Gasteiger partial charge in [0.1, 0.15) is 12.8 Å². The molecule has 0 radical (unpaired) electrons. The predicted octanol–water partition coefficient (Wildman–Crippen LogP) is 7.14. The van der Waals surface area contributed by atoms with Crippen LogP contribution in [0.2, 0.25) is 0 Å². The van der Waals surface area contributed by atoms with Gasteiger partial charge in [0.15, 0.2) is 12.4 Å². The molecule has 1 aromatic heterocycles. The maximum atomic E-state index is 12.1. The number of aromatic nitrogens is 1. The minimum Gasteiger partial charge on any atom is -0.494 e. The lowest BCUT2D eigenvalue weighted by Crippen LogP contribution is -2.29. The molecule has 0 saturated carbocycles. The van der Waals surface area contributed by atoms with E-state index in [9.17, 15) is 4.79 Å². The third-order valence-corrected chi connectivity index (χ3v) is 6.43. The average Bonchev–Trinajstić information content (AvgIpc) is 2.84. The van der Waals surface area contributed by atoms with Crippen LogP contribution >= 0.6 is 0 Å². The van der Waals surface area contributed by atoms with Gasteiger partial charge < -0.3 is 9.64 Å². The highest BCUT2D eigenvalue weighted by Gasteiger charge is 2.11. The summed E-state index contributed by atoms with van der Waals surface area (Å²) in [6, 6.07) is 12.3. The Morgan fingerprint density at radius 2 is 1.21 bits per heavy atom. The SMILES string of the molecule is CCCCCCCCCCCCCCOc1ccc(CN(Cc2cc[n+](C)cc2)C(C)=O)cc1. The zero-order valence-electron chi connectivity index (χ0n) is 21.9. The summed E-state index contributed by atoms with van der Waals surface area (Å²) in [6.07, 6.45) is 20.3. The van der Waals surface area contributed by atoms with Crippen molar-refractivity contribution in [1.82, 2.24) is 4.90 Å². The number of ether oxygens (including phenoxy) is 1. The van der Waals surface area contributed by atoms with Crippen molar-refractivity contribution in [3.63, 3.8) is 0 Å². The van der Waals surface area contributed by atoms with Gasteiger partial charge in [0, 0.05) is 32.1 Å². The second-order valence-corrected chi connectivity index (χ2v) is 9.63. The zero-order valence-corrected chi connectivity index (χ0v) is 21.9. The fraction of sp³-hybridized carbons (Fsp3) is 0.600. The molecule has 1 amide bonds. The largest absolute Gasteiger partial charge is 0.494 e. The minimum atomic E-state index is 0.0838. The first kappa shape index (κ1) is 27.9. The number of benzene rings is 1. The van der Waals surface area contributed by atoms with E-state index in [1.807, 2.05) is 41.0 Å². The summed E-state index contributed by atoms with van der Waals surface area (Å²) < 4.78 is 7.93. The molecule has 2 aromatic rings. The Bertz CT molecular complexity index is 786. The lowest BCUT2D eigenvalue weighted by Gasteiger charge is -2.21. The van der Waals surface area contributed by atoms with E-state index < -0.39 is 0 Å². The number of amides is 1. The minimum absolute atomic E-state index is 0.0838. The number of pyridine rings is 1. The molecule has 4 nitrogen and oxygen atoms in total. The molecule has 0 spiro atoms. The highest BCUT2D eigenvalue weighted by atomic mass is 16.5. The van der Waals surface area contributed by atoms with Gasteiger partial charge in [0.25, 0.3) is 0 Å². The van der Waals surface area contributed by atoms with Crippen LogP contribution in [0.25, 0.3) is 0 Å². The Morgan fingerprint density at radius 3 is 1.71 bits per heavy atom. The molecular formula is C30H47N2O2+. The van der Waals surface area contributed by atoms with Gasteiger partial charge in [-0.1, -0.05) is 89.7 Å². The molecule has 0 aliphatic rings. The Hall–Kier alpha value is -2.36. The summed E-state index contributed by atoms with van der Waals surface area (Å²) in [4.78, 5) is 14.0. The summed E-state index contributed by atoms with van der Waals surface area (Å²) in [6.45, 7) is 5.92. The maximum Gasteiger partial charge on any atom is 0.220 e. The highest BCUT2D eigenvalue weighted by Crippen LogP contribution is 2.16. The van der Waals surface area contributed by atoms with Gasteiger partial charge in [-0.3, -0.25) is 4.79 Å². The van der Waals surface area contributed by atoms with E-state index in [4.69, 9.17) is 4.74 Å². The molecule has 34 heavy (non-hydrogen) atoms. The van der Waals surface area contributed by atoms with Crippen LogP contribution in [0.5, 0.6) is 5.75 Å². The number of carbonyl (C=O) groups is 1. The third-order valence-electron chi connectivity index (χ3n) is 6.43. The molecule has 2 rings (SSSR count). The first-order valence-electron chi connectivity index (χ1n) is 13.5. The van der Waals surface area contributed by atoms with E-state index in [1.54, 1.807) is 6.92 Å². The lowest BCUT2D eigenvalue weighted by atomic mass is 10.1. The van der Waals surface area contributed by atoms with Crippen LogP contribution in [0.15, 0.2) is 48.8 Å². The van der Waals surface area contributed by atoms with Crippen molar-refractivity contribution in [3.05, 3.63) is 59.9 Å². The van der Waals surface area contributed by atoms with Crippen LogP contribution in [0.4, 0.5) is 0 Å². The predicted molar refractivity (Wildman–Crippen MR) is 141 cm³/mol. The quantitative estimate of drug-likeness (QED) is 0.172. The molecule has 4 heteroatoms. The zero-order chi connectivity index (χ0) is 24.4. The molecule has 0 fully saturated rings. The Labute approximate surface area is 208 Å². The monoisotopic (exact) mass is 467 g/mol. The van der Waals surface area contributed by atoms with E-state index >= 15 is 0 Å². The molecule has 0 N–H and O–H groups in total. The van der Waals surface area contributed by atoms with Crippen molar-refractivity contribution >= 4 is 5.91 Å². The third kappa shape index (κ3) is 12.2. The van der Waals surface area contributed by atoms with E-state index in [-0.39, 0.29) is 5.91 Å². The first-order valence-corrected chi connectivity index (χ1v) is 13.5. The van der Waals surface area contributed by atoms with Gasteiger partial charge in [-0.15, -0.1) is 0 Å². The Morgan fingerprint density at radius 1 is 0.735 bits per heavy atom. The second kappa shape index (κ2) is 17.1. The number of unbranched alkanes of at least 4 members (excludes halogenated alkanes) is 11. The fourth-order valence-corrected chi connectivity index (χ4v) is 4.18. The van der Waals surface area contributed by atoms with Gasteiger partial charge in [-0.05, 0) is 29.7 Å². The standard InChI is InChI=1S/C30H47N2O2/c1-4-5-6-7-8-9-10-11-12-13-14-15-24-34-30-18-16-28(17-19-30)25-32(27(2)33)26-29-20-22-31(3)23-21-29/h16-23H,4-15,24-26H2,1-3H3/q+1. The number of hydrogen-bond acceptors (Lipinski definition) is 2. The van der Waals surface area contributed by atoms with Crippen molar-refractivity contribution in [2.75, 3.05) is 6.61 Å². The molecule has 0 aliphatic carbocycles. The summed E-state index contributed by atoms with van der Waals surface area (Å²) in [7, 11) is 1.99. The number of carbonyl (C=O) groups excluding carboxylic acids is 1. The Kier molecular flexibility index (Phi) is 14.0. The van der Waals surface area contributed by atoms with Crippen molar-refractivity contribution in [2.24, 2.45) is 7.05 Å². The summed E-state index contributed by atoms with van der Waals surface area (Å²) in [5, 5.41) is 0. The lowest BCUT2D eigenvalue weighted by molar-refractivity contribution is -0.671. The van der Waals surface area contributed by atoms with E-state index in [0.717, 1.165) is 29.9 Å². The maximum absolute atomic E-state index is 12.1. The summed E-state index contributed by atoms with van der Waals surface area (Å²) in [5.74, 6) is 0.997. The van der Waals surface area contributed by atoms with Gasteiger partial charge in [0.2, 0.25) is 5.91 Å². The second-order valence-electron chi connectivity index (χ2n) is 9.63. The average molecular weight is 468 g/mol. The molecule has 0 atom stereocenters. The first-order chi connectivity index (χ1) is 16.6. The fourth-order valence-electron chi connectivity index (χ4n) is 4.18. The molecule has 1 aromatic carbocycles. The van der Waals surface area contributed by atoms with Crippen molar-refractivity contribution < 1.29 is 14.1 Å². The molecule has 0 bridgehead atoms. The van der Waals surface area contributed by atoms with Crippen LogP contribution in [0.1, 0.15) is 102 Å². The molecule has 0 unspecified atom stereocenters. The number of rotatable bonds is 18. The van der Waals surface area contributed by atoms with Gasteiger partial charge in [0.05, 0.1) is 6.61 Å². The summed E-state index contributed by atoms with van der Waals surface area (Å²) >= 11 is 0. The smallest absolute Gasteiger partial charge is 0.220 e. The van der Waals surface area contributed by atoms with E-state index in [0.29, 0.717) is 13.1 Å². The molecule has 188 valence electrons. The molecule has 0 aliphatic heterocycles. The van der Waals surface area contributed by atoms with Gasteiger partial charge >= 0.3 is 0 Å². The van der Waals surface area contributed by atoms with Crippen LogP contribution in [0.3, 0.4) is 0 Å². The van der Waals surface area contributed by atoms with Crippen LogP contribution < -0.4 is 9.30 Å². The van der Waals surface area contributed by atoms with Crippen LogP contribution in [-0.2, 0) is 24.9 Å². The van der Waals surface area contributed by atoms with Gasteiger partial charge in [-0.25, -0.2) is 4.57 Å². The van der Waals surface area contributed by atoms with Crippen molar-refractivity contribution in [3.8, 4) is 5.75 Å². The number of hydrogen-bond donors (Lipinski definition) is 0. The van der Waals surface area contributed by atoms with Gasteiger partial charge in [-0.2, -0.15) is 0 Å². The van der Waals surface area contributed by atoms with Crippen LogP contribution in [0, 0.1) is 0 Å². The topological polar surface area (TPSA) is 33.4 Å². The molecule has 1 heterocycles. The van der Waals surface area contributed by atoms with E-state index in [2.05, 4.69) is 31.2 Å². The highest BCUT2D eigenvalue weighted by molar-refractivity contribution is 5.73. The van der Waals surface area contributed by atoms with Crippen molar-refractivity contribution in [2.45, 2.75) is 104 Å². The normalized spacial score (nSPS) is 10.9. The van der Waals surface area contributed by atoms with Crippen molar-refractivity contribution in [1.29, 1.82) is 0 Å². The summed E-state index contributed by atoms with van der Waals surface area (Å²) in [5.41, 5.74) is 2.25. The number of nitrogens with zero attached hydrogens (tertiary/aromatic N) is 2. The molecule has 0 saturated heterocycles. The Balaban J connectivity index is 1.57. The molecular weight excluding hydrogens is 420 g/mol.